The van der Waals surface area contributed by atoms with Gasteiger partial charge >= 0.3 is 0 Å². The van der Waals surface area contributed by atoms with Crippen molar-refractivity contribution in [1.29, 1.82) is 0 Å². The molecule has 5 nitrogen and oxygen atoms in total. The van der Waals surface area contributed by atoms with Gasteiger partial charge in [0, 0.05) is 33.2 Å². The molecular formula is C19H32N2O3. The van der Waals surface area contributed by atoms with Crippen LogP contribution in [0.2, 0.25) is 0 Å². The van der Waals surface area contributed by atoms with Gasteiger partial charge in [-0.2, -0.15) is 0 Å². The predicted molar refractivity (Wildman–Crippen MR) is 91.5 cm³/mol. The minimum Gasteiger partial charge on any atom is -0.390 e. The van der Waals surface area contributed by atoms with E-state index in [1.807, 2.05) is 11.9 Å². The highest BCUT2D eigenvalue weighted by Gasteiger charge is 2.55. The summed E-state index contributed by atoms with van der Waals surface area (Å²) in [5.74, 6) is 2.66. The molecule has 5 aliphatic rings. The van der Waals surface area contributed by atoms with E-state index < -0.39 is 6.10 Å². The van der Waals surface area contributed by atoms with Gasteiger partial charge in [0.1, 0.15) is 0 Å². The van der Waals surface area contributed by atoms with Crippen LogP contribution >= 0.6 is 0 Å². The number of hydrogen-bond donors (Lipinski definition) is 1. The molecule has 0 aromatic heterocycles. The molecule has 1 N–H and O–H groups in total. The summed E-state index contributed by atoms with van der Waals surface area (Å²) in [6.45, 7) is 4.34. The second-order valence-electron chi connectivity index (χ2n) is 8.95. The van der Waals surface area contributed by atoms with Crippen LogP contribution in [0.25, 0.3) is 0 Å². The van der Waals surface area contributed by atoms with Crippen molar-refractivity contribution in [2.75, 3.05) is 46.4 Å². The number of amides is 1. The monoisotopic (exact) mass is 336 g/mol. The van der Waals surface area contributed by atoms with E-state index in [0.717, 1.165) is 63.3 Å². The van der Waals surface area contributed by atoms with E-state index in [1.165, 1.54) is 19.3 Å². The highest BCUT2D eigenvalue weighted by atomic mass is 16.5. The Labute approximate surface area is 145 Å². The number of ether oxygens (including phenoxy) is 1. The first-order chi connectivity index (χ1) is 11.5. The number of likely N-dealkylation sites (N-methyl/N-ethyl adjacent to an activating group) is 1. The first-order valence-corrected chi connectivity index (χ1v) is 9.78. The molecule has 5 fully saturated rings. The molecule has 1 aliphatic heterocycles. The molecule has 0 radical (unpaired) electrons. The maximum absolute atomic E-state index is 13.2. The zero-order chi connectivity index (χ0) is 16.7. The van der Waals surface area contributed by atoms with Gasteiger partial charge in [0.2, 0.25) is 5.91 Å². The van der Waals surface area contributed by atoms with Gasteiger partial charge in [-0.3, -0.25) is 9.69 Å². The average Bonchev–Trinajstić information content (AvgIpc) is 2.53. The van der Waals surface area contributed by atoms with E-state index in [1.54, 1.807) is 0 Å². The van der Waals surface area contributed by atoms with E-state index in [9.17, 15) is 9.90 Å². The molecule has 1 heterocycles. The van der Waals surface area contributed by atoms with E-state index in [4.69, 9.17) is 4.74 Å². The van der Waals surface area contributed by atoms with Crippen molar-refractivity contribution in [2.45, 2.75) is 44.6 Å². The zero-order valence-electron chi connectivity index (χ0n) is 15.0. The number of β-amino-alcohol motifs (C(OH)–C–C–N with tert-alkyl or cyclic N) is 1. The summed E-state index contributed by atoms with van der Waals surface area (Å²) in [6, 6.07) is 0. The number of nitrogens with zero attached hydrogens (tertiary/aromatic N) is 2. The lowest BCUT2D eigenvalue weighted by Crippen LogP contribution is -2.55. The van der Waals surface area contributed by atoms with Crippen LogP contribution in [0.5, 0.6) is 0 Å². The van der Waals surface area contributed by atoms with Crippen molar-refractivity contribution in [1.82, 2.24) is 9.80 Å². The lowest BCUT2D eigenvalue weighted by molar-refractivity contribution is -0.157. The summed E-state index contributed by atoms with van der Waals surface area (Å²) in [4.78, 5) is 17.3. The minimum atomic E-state index is -0.467. The van der Waals surface area contributed by atoms with Gasteiger partial charge in [-0.05, 0) is 56.3 Å². The fourth-order valence-corrected chi connectivity index (χ4v) is 6.32. The quantitative estimate of drug-likeness (QED) is 0.823. The third-order valence-corrected chi connectivity index (χ3v) is 6.90. The molecule has 0 spiro atoms. The second kappa shape index (κ2) is 6.58. The fourth-order valence-electron chi connectivity index (χ4n) is 6.32. The fraction of sp³-hybridized carbons (Fsp3) is 0.947. The third kappa shape index (κ3) is 3.23. The average molecular weight is 336 g/mol. The normalized spacial score (nSPS) is 39.8. The van der Waals surface area contributed by atoms with E-state index in [-0.39, 0.29) is 5.41 Å². The summed E-state index contributed by atoms with van der Waals surface area (Å²) in [7, 11) is 1.89. The van der Waals surface area contributed by atoms with Crippen molar-refractivity contribution < 1.29 is 14.6 Å². The lowest BCUT2D eigenvalue weighted by atomic mass is 9.49. The van der Waals surface area contributed by atoms with E-state index in [2.05, 4.69) is 4.90 Å². The molecule has 4 bridgehead atoms. The van der Waals surface area contributed by atoms with Crippen LogP contribution in [0.15, 0.2) is 0 Å². The number of carbonyl (C=O) groups is 1. The largest absolute Gasteiger partial charge is 0.390 e. The number of hydrogen-bond acceptors (Lipinski definition) is 4. The Morgan fingerprint density at radius 1 is 1.17 bits per heavy atom. The van der Waals surface area contributed by atoms with Gasteiger partial charge in [-0.15, -0.1) is 0 Å². The second-order valence-corrected chi connectivity index (χ2v) is 8.95. The van der Waals surface area contributed by atoms with Crippen LogP contribution in [-0.4, -0.2) is 73.4 Å². The van der Waals surface area contributed by atoms with Gasteiger partial charge in [0.25, 0.3) is 0 Å². The number of carbonyl (C=O) groups excluding carboxylic acids is 1. The first-order valence-electron chi connectivity index (χ1n) is 9.78. The topological polar surface area (TPSA) is 53.0 Å². The molecule has 4 saturated carbocycles. The standard InChI is InChI=1S/C19H32N2O3/c1-20(12-17(22)13-21-2-4-24-5-3-21)18(23)19-9-14-6-15(10-19)8-16(7-14)11-19/h14-17,22H,2-13H2,1H3. The van der Waals surface area contributed by atoms with Crippen LogP contribution < -0.4 is 0 Å². The molecule has 1 unspecified atom stereocenters. The van der Waals surface area contributed by atoms with Crippen molar-refractivity contribution >= 4 is 5.91 Å². The Balaban J connectivity index is 1.34. The van der Waals surface area contributed by atoms with E-state index in [0.29, 0.717) is 19.0 Å². The number of aliphatic hydroxyl groups excluding tert-OH is 1. The highest BCUT2D eigenvalue weighted by Crippen LogP contribution is 2.60. The summed E-state index contributed by atoms with van der Waals surface area (Å²) in [5, 5.41) is 10.4. The van der Waals surface area contributed by atoms with Gasteiger partial charge < -0.3 is 14.7 Å². The van der Waals surface area contributed by atoms with Crippen molar-refractivity contribution in [3.63, 3.8) is 0 Å². The molecule has 0 aromatic carbocycles. The summed E-state index contributed by atoms with van der Waals surface area (Å²) in [5.41, 5.74) is -0.0951. The molecule has 5 heteroatoms. The maximum atomic E-state index is 13.2. The third-order valence-electron chi connectivity index (χ3n) is 6.90. The Morgan fingerprint density at radius 2 is 1.71 bits per heavy atom. The van der Waals surface area contributed by atoms with Crippen molar-refractivity contribution in [3.8, 4) is 0 Å². The Bertz CT molecular complexity index is 440. The minimum absolute atomic E-state index is 0.0951. The molecule has 1 amide bonds. The first kappa shape index (κ1) is 16.8. The van der Waals surface area contributed by atoms with Crippen LogP contribution in [0.3, 0.4) is 0 Å². The Morgan fingerprint density at radius 3 is 2.25 bits per heavy atom. The highest BCUT2D eigenvalue weighted by molar-refractivity contribution is 5.83. The van der Waals surface area contributed by atoms with Gasteiger partial charge in [-0.25, -0.2) is 0 Å². The predicted octanol–water partition coefficient (Wildman–Crippen LogP) is 1.35. The Hall–Kier alpha value is -0.650. The smallest absolute Gasteiger partial charge is 0.228 e. The molecule has 5 rings (SSSR count). The molecule has 1 saturated heterocycles. The zero-order valence-corrected chi connectivity index (χ0v) is 15.0. The number of rotatable bonds is 5. The van der Waals surface area contributed by atoms with Gasteiger partial charge in [-0.1, -0.05) is 0 Å². The van der Waals surface area contributed by atoms with E-state index >= 15 is 0 Å². The molecule has 4 aliphatic carbocycles. The van der Waals surface area contributed by atoms with Crippen LogP contribution in [0.1, 0.15) is 38.5 Å². The van der Waals surface area contributed by atoms with Gasteiger partial charge in [0.15, 0.2) is 0 Å². The summed E-state index contributed by atoms with van der Waals surface area (Å²) in [6.07, 6.45) is 6.90. The molecular weight excluding hydrogens is 304 g/mol. The maximum Gasteiger partial charge on any atom is 0.228 e. The van der Waals surface area contributed by atoms with Crippen molar-refractivity contribution in [2.24, 2.45) is 23.2 Å². The SMILES string of the molecule is CN(CC(O)CN1CCOCC1)C(=O)C12CC3CC(CC(C3)C1)C2. The van der Waals surface area contributed by atoms with Crippen LogP contribution in [0.4, 0.5) is 0 Å². The van der Waals surface area contributed by atoms with Crippen molar-refractivity contribution in [3.05, 3.63) is 0 Å². The van der Waals surface area contributed by atoms with Crippen LogP contribution in [-0.2, 0) is 9.53 Å². The number of morpholine rings is 1. The number of aliphatic hydroxyl groups is 1. The molecule has 1 atom stereocenters. The lowest BCUT2D eigenvalue weighted by Gasteiger charge is -2.56. The summed E-state index contributed by atoms with van der Waals surface area (Å²) < 4.78 is 5.35. The van der Waals surface area contributed by atoms with Crippen LogP contribution in [0, 0.1) is 23.2 Å². The van der Waals surface area contributed by atoms with Gasteiger partial charge in [0.05, 0.1) is 24.7 Å². The molecule has 136 valence electrons. The summed E-state index contributed by atoms with van der Waals surface area (Å²) >= 11 is 0. The molecule has 0 aromatic rings. The molecule has 24 heavy (non-hydrogen) atoms. The Kier molecular flexibility index (Phi) is 4.61.